The predicted molar refractivity (Wildman–Crippen MR) is 70.2 cm³/mol. The fraction of sp³-hybridized carbons (Fsp3) is 0.385. The smallest absolute Gasteiger partial charge is 0.225 e. The van der Waals surface area contributed by atoms with E-state index in [2.05, 4.69) is 22.2 Å². The summed E-state index contributed by atoms with van der Waals surface area (Å²) in [5, 5.41) is 3.24. The first-order valence-corrected chi connectivity index (χ1v) is 6.04. The molecule has 0 saturated heterocycles. The molecule has 0 atom stereocenters. The molecule has 2 heterocycles. The van der Waals surface area contributed by atoms with E-state index in [1.165, 1.54) is 0 Å². The van der Waals surface area contributed by atoms with Gasteiger partial charge in [-0.15, -0.1) is 0 Å². The zero-order valence-corrected chi connectivity index (χ0v) is 10.8. The van der Waals surface area contributed by atoms with Gasteiger partial charge in [-0.1, -0.05) is 6.92 Å². The summed E-state index contributed by atoms with van der Waals surface area (Å²) in [6.45, 7) is 4.49. The molecule has 0 aliphatic rings. The Morgan fingerprint density at radius 2 is 2.11 bits per heavy atom. The maximum absolute atomic E-state index is 5.30. The molecule has 5 nitrogen and oxygen atoms in total. The van der Waals surface area contributed by atoms with Crippen molar-refractivity contribution in [2.24, 2.45) is 0 Å². The summed E-state index contributed by atoms with van der Waals surface area (Å²) in [5.41, 5.74) is 1.09. The number of hydrogen-bond acceptors (Lipinski definition) is 5. The van der Waals surface area contributed by atoms with Gasteiger partial charge < -0.3 is 14.6 Å². The summed E-state index contributed by atoms with van der Waals surface area (Å²) < 4.78 is 5.30. The molecule has 2 aromatic heterocycles. The Balaban J connectivity index is 1.96. The Morgan fingerprint density at radius 1 is 1.33 bits per heavy atom. The van der Waals surface area contributed by atoms with E-state index in [1.807, 2.05) is 36.5 Å². The first-order valence-electron chi connectivity index (χ1n) is 6.04. The third kappa shape index (κ3) is 3.30. The van der Waals surface area contributed by atoms with Crippen LogP contribution in [0.4, 0.5) is 5.95 Å². The second-order valence-corrected chi connectivity index (χ2v) is 4.11. The summed E-state index contributed by atoms with van der Waals surface area (Å²) in [5.74, 6) is 1.60. The van der Waals surface area contributed by atoms with Crippen molar-refractivity contribution >= 4 is 5.95 Å². The molecule has 0 unspecified atom stereocenters. The number of anilines is 1. The molecule has 2 rings (SSSR count). The number of rotatable bonds is 6. The van der Waals surface area contributed by atoms with Crippen LogP contribution in [-0.2, 0) is 13.1 Å². The van der Waals surface area contributed by atoms with Crippen molar-refractivity contribution < 1.29 is 4.42 Å². The highest BCUT2D eigenvalue weighted by Crippen LogP contribution is 2.10. The SMILES string of the molecule is CCNCc1cnc(N(C)Cc2ccco2)nc1. The van der Waals surface area contributed by atoms with E-state index in [0.29, 0.717) is 12.5 Å². The van der Waals surface area contributed by atoms with Crippen LogP contribution in [0.15, 0.2) is 35.2 Å². The molecule has 0 aromatic carbocycles. The molecule has 0 bridgehead atoms. The normalized spacial score (nSPS) is 10.6. The number of nitrogens with zero attached hydrogens (tertiary/aromatic N) is 3. The molecule has 0 amide bonds. The lowest BCUT2D eigenvalue weighted by molar-refractivity contribution is 0.506. The van der Waals surface area contributed by atoms with E-state index in [1.54, 1.807) is 6.26 Å². The van der Waals surface area contributed by atoms with Crippen LogP contribution in [0.3, 0.4) is 0 Å². The van der Waals surface area contributed by atoms with Crippen LogP contribution in [0.2, 0.25) is 0 Å². The summed E-state index contributed by atoms with van der Waals surface area (Å²) >= 11 is 0. The van der Waals surface area contributed by atoms with Crippen LogP contribution in [0.25, 0.3) is 0 Å². The highest BCUT2D eigenvalue weighted by molar-refractivity contribution is 5.29. The summed E-state index contributed by atoms with van der Waals surface area (Å²) in [7, 11) is 1.95. The lowest BCUT2D eigenvalue weighted by Gasteiger charge is -2.15. The van der Waals surface area contributed by atoms with Gasteiger partial charge in [-0.05, 0) is 18.7 Å². The molecule has 0 aliphatic carbocycles. The molecular formula is C13H18N4O. The van der Waals surface area contributed by atoms with Crippen molar-refractivity contribution in [3.05, 3.63) is 42.1 Å². The van der Waals surface area contributed by atoms with Gasteiger partial charge >= 0.3 is 0 Å². The largest absolute Gasteiger partial charge is 0.467 e. The number of aromatic nitrogens is 2. The zero-order valence-electron chi connectivity index (χ0n) is 10.8. The summed E-state index contributed by atoms with van der Waals surface area (Å²) in [6, 6.07) is 3.82. The third-order valence-corrected chi connectivity index (χ3v) is 2.59. The van der Waals surface area contributed by atoms with Crippen molar-refractivity contribution in [1.82, 2.24) is 15.3 Å². The van der Waals surface area contributed by atoms with Crippen molar-refractivity contribution in [1.29, 1.82) is 0 Å². The van der Waals surface area contributed by atoms with Gasteiger partial charge in [0.25, 0.3) is 0 Å². The molecule has 5 heteroatoms. The lowest BCUT2D eigenvalue weighted by atomic mass is 10.3. The van der Waals surface area contributed by atoms with Crippen molar-refractivity contribution in [2.45, 2.75) is 20.0 Å². The average molecular weight is 246 g/mol. The van der Waals surface area contributed by atoms with E-state index in [4.69, 9.17) is 4.42 Å². The molecule has 2 aromatic rings. The Kier molecular flexibility index (Phi) is 4.30. The lowest BCUT2D eigenvalue weighted by Crippen LogP contribution is -2.19. The molecule has 0 aliphatic heterocycles. The predicted octanol–water partition coefficient (Wildman–Crippen LogP) is 1.82. The van der Waals surface area contributed by atoms with Crippen molar-refractivity contribution in [2.75, 3.05) is 18.5 Å². The molecular weight excluding hydrogens is 228 g/mol. The van der Waals surface area contributed by atoms with Crippen LogP contribution < -0.4 is 10.2 Å². The molecule has 0 saturated carbocycles. The minimum atomic E-state index is 0.666. The number of hydrogen-bond donors (Lipinski definition) is 1. The Bertz CT molecular complexity index is 452. The van der Waals surface area contributed by atoms with E-state index < -0.39 is 0 Å². The van der Waals surface area contributed by atoms with Crippen molar-refractivity contribution in [3.8, 4) is 0 Å². The van der Waals surface area contributed by atoms with Crippen LogP contribution >= 0.6 is 0 Å². The number of nitrogens with one attached hydrogen (secondary N) is 1. The first kappa shape index (κ1) is 12.6. The molecule has 0 spiro atoms. The highest BCUT2D eigenvalue weighted by Gasteiger charge is 2.06. The van der Waals surface area contributed by atoms with Crippen LogP contribution in [-0.4, -0.2) is 23.6 Å². The van der Waals surface area contributed by atoms with Gasteiger partial charge in [0, 0.05) is 31.5 Å². The van der Waals surface area contributed by atoms with E-state index in [-0.39, 0.29) is 0 Å². The highest BCUT2D eigenvalue weighted by atomic mass is 16.3. The Hall–Kier alpha value is -1.88. The summed E-state index contributed by atoms with van der Waals surface area (Å²) in [6.07, 6.45) is 5.37. The number of furan rings is 1. The Morgan fingerprint density at radius 3 is 2.72 bits per heavy atom. The van der Waals surface area contributed by atoms with Crippen LogP contribution in [0.5, 0.6) is 0 Å². The van der Waals surface area contributed by atoms with Crippen LogP contribution in [0.1, 0.15) is 18.2 Å². The van der Waals surface area contributed by atoms with Gasteiger partial charge in [-0.3, -0.25) is 0 Å². The summed E-state index contributed by atoms with van der Waals surface area (Å²) in [4.78, 5) is 10.6. The van der Waals surface area contributed by atoms with E-state index in [0.717, 1.165) is 24.4 Å². The minimum Gasteiger partial charge on any atom is -0.467 e. The third-order valence-electron chi connectivity index (χ3n) is 2.59. The maximum atomic E-state index is 5.30. The van der Waals surface area contributed by atoms with Gasteiger partial charge in [0.15, 0.2) is 0 Å². The average Bonchev–Trinajstić information content (AvgIpc) is 2.89. The monoisotopic (exact) mass is 246 g/mol. The van der Waals surface area contributed by atoms with Gasteiger partial charge in [-0.25, -0.2) is 9.97 Å². The van der Waals surface area contributed by atoms with E-state index >= 15 is 0 Å². The fourth-order valence-corrected chi connectivity index (χ4v) is 1.61. The molecule has 0 fully saturated rings. The van der Waals surface area contributed by atoms with Gasteiger partial charge in [-0.2, -0.15) is 0 Å². The molecule has 96 valence electrons. The standard InChI is InChI=1S/C13H18N4O/c1-3-14-7-11-8-15-13(16-9-11)17(2)10-12-5-4-6-18-12/h4-6,8-9,14H,3,7,10H2,1-2H3. The van der Waals surface area contributed by atoms with Gasteiger partial charge in [0.2, 0.25) is 5.95 Å². The van der Waals surface area contributed by atoms with Crippen LogP contribution in [0, 0.1) is 0 Å². The van der Waals surface area contributed by atoms with Gasteiger partial charge in [0.1, 0.15) is 5.76 Å². The Labute approximate surface area is 107 Å². The van der Waals surface area contributed by atoms with E-state index in [9.17, 15) is 0 Å². The minimum absolute atomic E-state index is 0.666. The first-order chi connectivity index (χ1) is 8.79. The molecule has 1 N–H and O–H groups in total. The zero-order chi connectivity index (χ0) is 12.8. The van der Waals surface area contributed by atoms with Gasteiger partial charge in [0.05, 0.1) is 12.8 Å². The topological polar surface area (TPSA) is 54.2 Å². The second-order valence-electron chi connectivity index (χ2n) is 4.11. The second kappa shape index (κ2) is 6.16. The quantitative estimate of drug-likeness (QED) is 0.842. The fourth-order valence-electron chi connectivity index (χ4n) is 1.61. The molecule has 18 heavy (non-hydrogen) atoms. The van der Waals surface area contributed by atoms with Crippen molar-refractivity contribution in [3.63, 3.8) is 0 Å². The maximum Gasteiger partial charge on any atom is 0.225 e. The molecule has 0 radical (unpaired) electrons.